The minimum absolute atomic E-state index is 0. The molecule has 0 spiro atoms. The summed E-state index contributed by atoms with van der Waals surface area (Å²) in [4.78, 5) is 5.06. The second-order valence-electron chi connectivity index (χ2n) is 11.1. The minimum atomic E-state index is -0.146. The van der Waals surface area contributed by atoms with E-state index in [9.17, 15) is 0 Å². The molecular formula is C33H27BIrN-. The molecule has 0 atom stereocenters. The number of nitrogens with zero attached hydrogens (tertiary/aromatic N) is 1. The summed E-state index contributed by atoms with van der Waals surface area (Å²) in [7, 11) is 0. The number of benzene rings is 4. The number of hydrogen-bond donors (Lipinski definition) is 0. The molecule has 3 heteroatoms. The van der Waals surface area contributed by atoms with E-state index in [-0.39, 0.29) is 37.6 Å². The molecule has 0 unspecified atom stereocenters. The quantitative estimate of drug-likeness (QED) is 0.175. The number of rotatable bonds is 1. The third kappa shape index (κ3) is 3.09. The topological polar surface area (TPSA) is 12.9 Å². The van der Waals surface area contributed by atoms with E-state index in [4.69, 9.17) is 4.98 Å². The van der Waals surface area contributed by atoms with Crippen LogP contribution < -0.4 is 16.4 Å². The van der Waals surface area contributed by atoms with Gasteiger partial charge in [0.1, 0.15) is 0 Å². The second-order valence-corrected chi connectivity index (χ2v) is 11.1. The zero-order valence-corrected chi connectivity index (χ0v) is 23.4. The number of aromatic nitrogens is 1. The van der Waals surface area contributed by atoms with Crippen LogP contribution in [-0.4, -0.2) is 11.7 Å². The van der Waals surface area contributed by atoms with Gasteiger partial charge in [0.25, 0.3) is 0 Å². The van der Waals surface area contributed by atoms with Gasteiger partial charge in [-0.05, 0) is 39.1 Å². The summed E-state index contributed by atoms with van der Waals surface area (Å²) in [6, 6.07) is 37.0. The van der Waals surface area contributed by atoms with Crippen LogP contribution in [0.15, 0.2) is 91.0 Å². The fourth-order valence-electron chi connectivity index (χ4n) is 6.65. The Bertz CT molecular complexity index is 1590. The van der Waals surface area contributed by atoms with Crippen LogP contribution in [0.2, 0.25) is 0 Å². The van der Waals surface area contributed by atoms with Gasteiger partial charge < -0.3 is 0 Å². The zero-order valence-electron chi connectivity index (χ0n) is 21.0. The molecule has 0 saturated heterocycles. The molecule has 5 aromatic rings. The largest absolute Gasteiger partial charge is 0.296 e. The maximum Gasteiger partial charge on any atom is 0.192 e. The molecule has 4 aromatic carbocycles. The van der Waals surface area contributed by atoms with Gasteiger partial charge in [-0.15, -0.1) is 34.3 Å². The predicted octanol–water partition coefficient (Wildman–Crippen LogP) is 5.49. The smallest absolute Gasteiger partial charge is 0.192 e. The van der Waals surface area contributed by atoms with Gasteiger partial charge in [0.15, 0.2) is 6.71 Å². The van der Waals surface area contributed by atoms with E-state index in [1.54, 1.807) is 0 Å². The van der Waals surface area contributed by atoms with Crippen molar-refractivity contribution < 1.29 is 20.1 Å². The van der Waals surface area contributed by atoms with Crippen molar-refractivity contribution in [2.45, 2.75) is 38.5 Å². The van der Waals surface area contributed by atoms with Crippen molar-refractivity contribution >= 4 is 34.0 Å². The molecule has 0 fully saturated rings. The summed E-state index contributed by atoms with van der Waals surface area (Å²) < 4.78 is 0. The summed E-state index contributed by atoms with van der Waals surface area (Å²) in [6.07, 6.45) is 0. The van der Waals surface area contributed by atoms with Crippen molar-refractivity contribution in [2.75, 3.05) is 0 Å². The fraction of sp³-hybridized carbons (Fsp3) is 0.182. The number of hydrogen-bond acceptors (Lipinski definition) is 1. The van der Waals surface area contributed by atoms with Crippen LogP contribution in [-0.2, 0) is 30.9 Å². The number of fused-ring (bicyclic) bond motifs is 5. The average molecular weight is 641 g/mol. The summed E-state index contributed by atoms with van der Waals surface area (Å²) in [5, 5.41) is 1.17. The van der Waals surface area contributed by atoms with Gasteiger partial charge in [-0.25, -0.2) is 0 Å². The third-order valence-electron chi connectivity index (χ3n) is 8.46. The van der Waals surface area contributed by atoms with Crippen molar-refractivity contribution in [3.8, 4) is 11.3 Å². The molecule has 1 radical (unpaired) electrons. The summed E-state index contributed by atoms with van der Waals surface area (Å²) in [5.41, 5.74) is 12.7. The van der Waals surface area contributed by atoms with Gasteiger partial charge >= 0.3 is 0 Å². The molecule has 0 bridgehead atoms. The Kier molecular flexibility index (Phi) is 5.20. The first-order chi connectivity index (χ1) is 16.9. The summed E-state index contributed by atoms with van der Waals surface area (Å²) >= 11 is 0. The molecule has 1 nitrogen and oxygen atoms in total. The molecule has 0 saturated carbocycles. The van der Waals surface area contributed by atoms with E-state index in [1.807, 2.05) is 0 Å². The second kappa shape index (κ2) is 8.00. The Morgan fingerprint density at radius 1 is 0.667 bits per heavy atom. The van der Waals surface area contributed by atoms with Crippen LogP contribution in [0.4, 0.5) is 0 Å². The monoisotopic (exact) mass is 641 g/mol. The molecule has 3 heterocycles. The van der Waals surface area contributed by atoms with E-state index >= 15 is 0 Å². The van der Waals surface area contributed by atoms with Gasteiger partial charge in [-0.2, -0.15) is 0 Å². The normalized spacial score (nSPS) is 15.9. The Hall–Kier alpha value is -3.00. The molecule has 2 aliphatic heterocycles. The van der Waals surface area contributed by atoms with Crippen LogP contribution >= 0.6 is 0 Å². The van der Waals surface area contributed by atoms with Gasteiger partial charge in [0.05, 0.1) is 5.52 Å². The first kappa shape index (κ1) is 23.4. The Morgan fingerprint density at radius 2 is 1.28 bits per heavy atom. The van der Waals surface area contributed by atoms with E-state index < -0.39 is 0 Å². The first-order valence-electron chi connectivity index (χ1n) is 12.5. The Balaban J connectivity index is 0.00000240. The average Bonchev–Trinajstić information content (AvgIpc) is 2.88. The number of para-hydroxylation sites is 1. The maximum atomic E-state index is 5.06. The molecular weight excluding hydrogens is 613 g/mol. The SMILES string of the molecule is CC1(C)c2[c-]c(-c3ccc4ccccc4n3)cc3c2B(c2ccccc21)c1ccccc1C3(C)C.[Ir]. The molecule has 1 aromatic heterocycles. The molecule has 0 N–H and O–H groups in total. The van der Waals surface area contributed by atoms with E-state index in [0.29, 0.717) is 0 Å². The molecule has 0 amide bonds. The van der Waals surface area contributed by atoms with Crippen LogP contribution in [0.3, 0.4) is 0 Å². The van der Waals surface area contributed by atoms with Crippen molar-refractivity contribution in [1.82, 2.24) is 4.98 Å². The van der Waals surface area contributed by atoms with E-state index in [2.05, 4.69) is 125 Å². The van der Waals surface area contributed by atoms with Gasteiger partial charge in [0.2, 0.25) is 0 Å². The molecule has 177 valence electrons. The van der Waals surface area contributed by atoms with E-state index in [1.165, 1.54) is 44.0 Å². The Morgan fingerprint density at radius 3 is 2.00 bits per heavy atom. The van der Waals surface area contributed by atoms with Crippen molar-refractivity contribution in [1.29, 1.82) is 0 Å². The molecule has 2 aliphatic rings. The summed E-state index contributed by atoms with van der Waals surface area (Å²) in [6.45, 7) is 9.72. The third-order valence-corrected chi connectivity index (χ3v) is 8.46. The van der Waals surface area contributed by atoms with Crippen molar-refractivity contribution in [3.63, 3.8) is 0 Å². The van der Waals surface area contributed by atoms with Gasteiger partial charge in [0, 0.05) is 20.1 Å². The first-order valence-corrected chi connectivity index (χ1v) is 12.5. The summed E-state index contributed by atoms with van der Waals surface area (Å²) in [5.74, 6) is 0. The van der Waals surface area contributed by atoms with Crippen LogP contribution in [0.25, 0.3) is 22.2 Å². The fourth-order valence-corrected chi connectivity index (χ4v) is 6.65. The van der Waals surface area contributed by atoms with Crippen LogP contribution in [0.5, 0.6) is 0 Å². The molecule has 7 rings (SSSR count). The zero-order chi connectivity index (χ0) is 23.9. The van der Waals surface area contributed by atoms with Crippen molar-refractivity contribution in [3.05, 3.63) is 119 Å². The van der Waals surface area contributed by atoms with Crippen LogP contribution in [0.1, 0.15) is 49.9 Å². The number of pyridine rings is 1. The maximum absolute atomic E-state index is 5.06. The van der Waals surface area contributed by atoms with E-state index in [0.717, 1.165) is 16.8 Å². The van der Waals surface area contributed by atoms with Gasteiger partial charge in [-0.3, -0.25) is 4.98 Å². The molecule has 36 heavy (non-hydrogen) atoms. The molecule has 0 aliphatic carbocycles. The standard InChI is InChI=1S/C33H27BN.Ir/c1-32(2)23-12-6-8-14-27(23)34-28-15-9-7-13-24(28)33(3,4)26-20-22(19-25(32)31(26)34)30-18-17-21-11-5-10-16-29(21)35-30;/h5-19H,1-4H3;/q-1;. The van der Waals surface area contributed by atoms with Crippen molar-refractivity contribution in [2.24, 2.45) is 0 Å². The van der Waals surface area contributed by atoms with Crippen LogP contribution in [0, 0.1) is 6.07 Å². The Labute approximate surface area is 227 Å². The van der Waals surface area contributed by atoms with Gasteiger partial charge in [-0.1, -0.05) is 117 Å². The minimum Gasteiger partial charge on any atom is -0.296 e. The predicted molar refractivity (Wildman–Crippen MR) is 148 cm³/mol.